The zero-order valence-corrected chi connectivity index (χ0v) is 6.31. The molecule has 1 nitrogen and oxygen atoms in total. The maximum Gasteiger partial charge on any atom is 1.00 e. The molecule has 0 bridgehead atoms. The van der Waals surface area contributed by atoms with Crippen molar-refractivity contribution in [1.82, 2.24) is 4.90 Å². The molecule has 0 aromatic heterocycles. The van der Waals surface area contributed by atoms with E-state index in [1.807, 2.05) is 14.1 Å². The number of rotatable bonds is 1. The van der Waals surface area contributed by atoms with Gasteiger partial charge in [0.15, 0.2) is 0 Å². The SMILES string of the molecule is CN(C)C1=[C-]CC=C1.[Li+]. The molecule has 1 aliphatic carbocycles. The first kappa shape index (κ1) is 8.88. The van der Waals surface area contributed by atoms with Crippen LogP contribution in [0.3, 0.4) is 0 Å². The van der Waals surface area contributed by atoms with Crippen molar-refractivity contribution in [3.63, 3.8) is 0 Å². The van der Waals surface area contributed by atoms with Crippen LogP contribution in [0, 0.1) is 6.08 Å². The van der Waals surface area contributed by atoms with Gasteiger partial charge in [-0.05, 0) is 0 Å². The number of nitrogens with zero attached hydrogens (tertiary/aromatic N) is 1. The van der Waals surface area contributed by atoms with Gasteiger partial charge in [0, 0.05) is 14.1 Å². The van der Waals surface area contributed by atoms with Gasteiger partial charge in [0.25, 0.3) is 0 Å². The summed E-state index contributed by atoms with van der Waals surface area (Å²) in [6, 6.07) is 0. The third-order valence-corrected chi connectivity index (χ3v) is 1.16. The molecule has 44 valence electrons. The van der Waals surface area contributed by atoms with E-state index in [4.69, 9.17) is 0 Å². The quantitative estimate of drug-likeness (QED) is 0.288. The summed E-state index contributed by atoms with van der Waals surface area (Å²) in [6.45, 7) is 0. The third-order valence-electron chi connectivity index (χ3n) is 1.16. The van der Waals surface area contributed by atoms with Crippen molar-refractivity contribution < 1.29 is 18.9 Å². The molecule has 0 atom stereocenters. The van der Waals surface area contributed by atoms with Gasteiger partial charge < -0.3 is 4.90 Å². The van der Waals surface area contributed by atoms with Crippen LogP contribution in [0.2, 0.25) is 0 Å². The van der Waals surface area contributed by atoms with Crippen LogP contribution in [-0.4, -0.2) is 19.0 Å². The monoisotopic (exact) mass is 115 g/mol. The molecule has 0 aromatic rings. The van der Waals surface area contributed by atoms with E-state index < -0.39 is 0 Å². The fourth-order valence-corrected chi connectivity index (χ4v) is 0.700. The Hall–Kier alpha value is -0.123. The minimum Gasteiger partial charge on any atom is -0.411 e. The molecule has 0 spiro atoms. The minimum atomic E-state index is 0. The van der Waals surface area contributed by atoms with Gasteiger partial charge in [-0.3, -0.25) is 0 Å². The van der Waals surface area contributed by atoms with E-state index in [-0.39, 0.29) is 18.9 Å². The summed E-state index contributed by atoms with van der Waals surface area (Å²) in [6.07, 6.45) is 8.36. The molecule has 2 heteroatoms. The first-order chi connectivity index (χ1) is 3.80. The second-order valence-corrected chi connectivity index (χ2v) is 2.06. The van der Waals surface area contributed by atoms with E-state index in [2.05, 4.69) is 23.1 Å². The molecule has 0 unspecified atom stereocenters. The largest absolute Gasteiger partial charge is 1.00 e. The Bertz CT molecular complexity index is 136. The van der Waals surface area contributed by atoms with Crippen molar-refractivity contribution in [2.75, 3.05) is 14.1 Å². The first-order valence-corrected chi connectivity index (χ1v) is 2.75. The zero-order valence-electron chi connectivity index (χ0n) is 6.31. The van der Waals surface area contributed by atoms with Gasteiger partial charge in [-0.15, -0.1) is 12.1 Å². The number of allylic oxidation sites excluding steroid dienone is 3. The molecule has 1 aliphatic rings. The van der Waals surface area contributed by atoms with Gasteiger partial charge in [-0.25, -0.2) is 6.08 Å². The molecular formula is C7H10LiN. The fraction of sp³-hybridized carbons (Fsp3) is 0.429. The molecule has 9 heavy (non-hydrogen) atoms. The Balaban J connectivity index is 0.000000640. The number of hydrogen-bond donors (Lipinski definition) is 0. The Labute approximate surface area is 68.6 Å². The van der Waals surface area contributed by atoms with Crippen molar-refractivity contribution in [2.24, 2.45) is 0 Å². The molecule has 0 aliphatic heterocycles. The van der Waals surface area contributed by atoms with Crippen LogP contribution < -0.4 is 18.9 Å². The maximum absolute atomic E-state index is 3.19. The summed E-state index contributed by atoms with van der Waals surface area (Å²) in [5.74, 6) is 0. The maximum atomic E-state index is 3.19. The smallest absolute Gasteiger partial charge is 0.411 e. The van der Waals surface area contributed by atoms with Crippen molar-refractivity contribution in [2.45, 2.75) is 6.42 Å². The summed E-state index contributed by atoms with van der Waals surface area (Å²) in [7, 11) is 4.05. The summed E-state index contributed by atoms with van der Waals surface area (Å²) in [5, 5.41) is 0. The van der Waals surface area contributed by atoms with E-state index in [1.54, 1.807) is 0 Å². The predicted molar refractivity (Wildman–Crippen MR) is 34.2 cm³/mol. The van der Waals surface area contributed by atoms with Gasteiger partial charge in [0.1, 0.15) is 0 Å². The molecule has 0 amide bonds. The van der Waals surface area contributed by atoms with Crippen LogP contribution in [-0.2, 0) is 0 Å². The van der Waals surface area contributed by atoms with E-state index in [0.29, 0.717) is 0 Å². The third kappa shape index (κ3) is 2.30. The van der Waals surface area contributed by atoms with E-state index in [9.17, 15) is 0 Å². The van der Waals surface area contributed by atoms with Crippen LogP contribution in [0.25, 0.3) is 0 Å². The standard InChI is InChI=1S/C7H10N.Li/c1-8(2)7-5-3-4-6-7;/h3,5H,4H2,1-2H3;/q-1;+1. The second-order valence-electron chi connectivity index (χ2n) is 2.06. The number of likely N-dealkylation sites (N-methyl/N-ethyl adjacent to an activating group) is 1. The van der Waals surface area contributed by atoms with Crippen LogP contribution >= 0.6 is 0 Å². The average Bonchev–Trinajstić information content (AvgIpc) is 2.12. The van der Waals surface area contributed by atoms with E-state index in [0.717, 1.165) is 6.42 Å². The Morgan fingerprint density at radius 1 is 1.56 bits per heavy atom. The van der Waals surface area contributed by atoms with Crippen LogP contribution in [0.1, 0.15) is 6.42 Å². The average molecular weight is 115 g/mol. The molecule has 0 heterocycles. The van der Waals surface area contributed by atoms with Crippen molar-refractivity contribution in [3.05, 3.63) is 23.9 Å². The normalized spacial score (nSPS) is 14.7. The molecule has 0 saturated carbocycles. The molecule has 0 saturated heterocycles. The summed E-state index contributed by atoms with van der Waals surface area (Å²) < 4.78 is 0. The molecule has 0 N–H and O–H groups in total. The van der Waals surface area contributed by atoms with Crippen molar-refractivity contribution in [1.29, 1.82) is 0 Å². The van der Waals surface area contributed by atoms with Crippen LogP contribution in [0.5, 0.6) is 0 Å². The van der Waals surface area contributed by atoms with Gasteiger partial charge in [0.05, 0.1) is 0 Å². The Morgan fingerprint density at radius 2 is 2.22 bits per heavy atom. The summed E-state index contributed by atoms with van der Waals surface area (Å²) in [4.78, 5) is 2.06. The molecular weight excluding hydrogens is 105 g/mol. The Kier molecular flexibility index (Phi) is 3.77. The molecule has 0 fully saturated rings. The van der Waals surface area contributed by atoms with Gasteiger partial charge >= 0.3 is 18.9 Å². The second kappa shape index (κ2) is 3.82. The first-order valence-electron chi connectivity index (χ1n) is 2.75. The van der Waals surface area contributed by atoms with Crippen LogP contribution in [0.4, 0.5) is 0 Å². The number of hydrogen-bond acceptors (Lipinski definition) is 1. The summed E-state index contributed by atoms with van der Waals surface area (Å²) >= 11 is 0. The minimum absolute atomic E-state index is 0. The topological polar surface area (TPSA) is 3.24 Å². The van der Waals surface area contributed by atoms with Gasteiger partial charge in [0.2, 0.25) is 0 Å². The van der Waals surface area contributed by atoms with E-state index in [1.165, 1.54) is 5.70 Å². The molecule has 1 rings (SSSR count). The van der Waals surface area contributed by atoms with Crippen LogP contribution in [0.15, 0.2) is 17.8 Å². The van der Waals surface area contributed by atoms with E-state index >= 15 is 0 Å². The summed E-state index contributed by atoms with van der Waals surface area (Å²) in [5.41, 5.74) is 1.20. The van der Waals surface area contributed by atoms with Crippen molar-refractivity contribution in [3.8, 4) is 0 Å². The Morgan fingerprint density at radius 3 is 2.44 bits per heavy atom. The molecule has 0 aromatic carbocycles. The van der Waals surface area contributed by atoms with Gasteiger partial charge in [-0.1, -0.05) is 0 Å². The van der Waals surface area contributed by atoms with Crippen molar-refractivity contribution >= 4 is 0 Å². The predicted octanol–water partition coefficient (Wildman–Crippen LogP) is -1.80. The zero-order chi connectivity index (χ0) is 5.98. The molecule has 0 radical (unpaired) electrons. The fourth-order valence-electron chi connectivity index (χ4n) is 0.700. The van der Waals surface area contributed by atoms with Gasteiger partial charge in [-0.2, -0.15) is 12.2 Å².